The summed E-state index contributed by atoms with van der Waals surface area (Å²) >= 11 is 2.11. The highest BCUT2D eigenvalue weighted by Gasteiger charge is 2.38. The Hall–Kier alpha value is 0.270. The Labute approximate surface area is 105 Å². The number of thioether (sulfide) groups is 1. The normalized spacial score (nSPS) is 31.9. The van der Waals surface area contributed by atoms with E-state index in [2.05, 4.69) is 37.8 Å². The van der Waals surface area contributed by atoms with Gasteiger partial charge in [0.1, 0.15) is 0 Å². The highest BCUT2D eigenvalue weighted by molar-refractivity contribution is 8.00. The average Bonchev–Trinajstić information content (AvgIpc) is 2.70. The fourth-order valence-electron chi connectivity index (χ4n) is 2.37. The van der Waals surface area contributed by atoms with Gasteiger partial charge in [-0.2, -0.15) is 11.8 Å². The minimum atomic E-state index is 0.0289. The summed E-state index contributed by atoms with van der Waals surface area (Å²) in [5, 5.41) is 14.6. The molecule has 0 saturated heterocycles. The maximum Gasteiger partial charge on any atom is 0.0613 e. The van der Waals surface area contributed by atoms with E-state index >= 15 is 0 Å². The molecule has 0 aromatic heterocycles. The molecule has 0 aromatic carbocycles. The summed E-state index contributed by atoms with van der Waals surface area (Å²) in [4.78, 5) is 0. The van der Waals surface area contributed by atoms with Crippen LogP contribution in [-0.2, 0) is 0 Å². The number of hydrogen-bond donors (Lipinski definition) is 2. The Morgan fingerprint density at radius 2 is 2.25 bits per heavy atom. The van der Waals surface area contributed by atoms with E-state index in [1.165, 1.54) is 12.8 Å². The lowest BCUT2D eigenvalue weighted by molar-refractivity contribution is 0.165. The van der Waals surface area contributed by atoms with Gasteiger partial charge in [-0.25, -0.2) is 0 Å². The monoisotopic (exact) mass is 245 g/mol. The number of hydrogen-bond acceptors (Lipinski definition) is 3. The van der Waals surface area contributed by atoms with E-state index in [9.17, 15) is 5.11 Å². The summed E-state index contributed by atoms with van der Waals surface area (Å²) in [6, 6.07) is 0. The summed E-state index contributed by atoms with van der Waals surface area (Å²) in [5.41, 5.74) is 0.0289. The first-order valence-electron chi connectivity index (χ1n) is 6.67. The minimum absolute atomic E-state index is 0.0289. The van der Waals surface area contributed by atoms with Crippen LogP contribution in [0.3, 0.4) is 0 Å². The smallest absolute Gasteiger partial charge is 0.0613 e. The van der Waals surface area contributed by atoms with Crippen LogP contribution in [0.4, 0.5) is 0 Å². The van der Waals surface area contributed by atoms with Gasteiger partial charge in [0, 0.05) is 16.0 Å². The van der Waals surface area contributed by atoms with E-state index in [1.54, 1.807) is 0 Å². The molecular weight excluding hydrogens is 218 g/mol. The van der Waals surface area contributed by atoms with Gasteiger partial charge in [0.2, 0.25) is 0 Å². The number of aliphatic hydroxyl groups is 1. The van der Waals surface area contributed by atoms with Crippen LogP contribution >= 0.6 is 11.8 Å². The third-order valence-electron chi connectivity index (χ3n) is 3.62. The third kappa shape index (κ3) is 3.94. The summed E-state index contributed by atoms with van der Waals surface area (Å²) in [6.45, 7) is 8.06. The van der Waals surface area contributed by atoms with E-state index in [-0.39, 0.29) is 5.54 Å². The molecule has 3 heteroatoms. The molecule has 1 fully saturated rings. The number of nitrogens with one attached hydrogen (secondary N) is 1. The predicted octanol–water partition coefficient (Wildman–Crippen LogP) is 2.80. The second kappa shape index (κ2) is 6.87. The molecule has 96 valence electrons. The Kier molecular flexibility index (Phi) is 6.16. The minimum Gasteiger partial charge on any atom is -0.394 e. The molecule has 0 aromatic rings. The largest absolute Gasteiger partial charge is 0.394 e. The SMILES string of the molecule is CCCNC1(CO)CCC(SC(C)CC)C1. The molecule has 2 nitrogen and oxygen atoms in total. The van der Waals surface area contributed by atoms with Crippen molar-refractivity contribution in [1.82, 2.24) is 5.32 Å². The first-order valence-corrected chi connectivity index (χ1v) is 7.61. The van der Waals surface area contributed by atoms with Crippen molar-refractivity contribution < 1.29 is 5.11 Å². The maximum absolute atomic E-state index is 9.58. The van der Waals surface area contributed by atoms with Crippen LogP contribution in [0.5, 0.6) is 0 Å². The van der Waals surface area contributed by atoms with Gasteiger partial charge in [-0.3, -0.25) is 0 Å². The molecule has 16 heavy (non-hydrogen) atoms. The van der Waals surface area contributed by atoms with E-state index in [1.807, 2.05) is 0 Å². The lowest BCUT2D eigenvalue weighted by atomic mass is 9.99. The Bertz CT molecular complexity index is 200. The van der Waals surface area contributed by atoms with Gasteiger partial charge < -0.3 is 10.4 Å². The Morgan fingerprint density at radius 1 is 1.50 bits per heavy atom. The van der Waals surface area contributed by atoms with E-state index < -0.39 is 0 Å². The number of rotatable bonds is 7. The van der Waals surface area contributed by atoms with Gasteiger partial charge in [0.25, 0.3) is 0 Å². The molecule has 3 atom stereocenters. The van der Waals surface area contributed by atoms with Gasteiger partial charge >= 0.3 is 0 Å². The average molecular weight is 245 g/mol. The fourth-order valence-corrected chi connectivity index (χ4v) is 3.89. The molecule has 0 amide bonds. The standard InChI is InChI=1S/C13H27NOS/c1-4-8-14-13(10-15)7-6-12(9-13)16-11(3)5-2/h11-12,14-15H,4-10H2,1-3H3. The maximum atomic E-state index is 9.58. The highest BCUT2D eigenvalue weighted by atomic mass is 32.2. The zero-order valence-electron chi connectivity index (χ0n) is 11.0. The molecule has 0 spiro atoms. The molecule has 1 rings (SSSR count). The molecule has 1 aliphatic carbocycles. The van der Waals surface area contributed by atoms with Gasteiger partial charge in [-0.15, -0.1) is 0 Å². The number of aliphatic hydroxyl groups excluding tert-OH is 1. The van der Waals surface area contributed by atoms with E-state index in [0.29, 0.717) is 6.61 Å². The lowest BCUT2D eigenvalue weighted by Crippen LogP contribution is -2.46. The van der Waals surface area contributed by atoms with Gasteiger partial charge in [0.05, 0.1) is 6.61 Å². The summed E-state index contributed by atoms with van der Waals surface area (Å²) in [5.74, 6) is 0. The topological polar surface area (TPSA) is 32.3 Å². The molecule has 0 radical (unpaired) electrons. The van der Waals surface area contributed by atoms with Crippen LogP contribution < -0.4 is 5.32 Å². The van der Waals surface area contributed by atoms with Crippen molar-refractivity contribution in [1.29, 1.82) is 0 Å². The van der Waals surface area contributed by atoms with Gasteiger partial charge in [-0.05, 0) is 38.6 Å². The summed E-state index contributed by atoms with van der Waals surface area (Å²) < 4.78 is 0. The third-order valence-corrected chi connectivity index (χ3v) is 5.20. The Morgan fingerprint density at radius 3 is 2.81 bits per heavy atom. The van der Waals surface area contributed by atoms with Crippen molar-refractivity contribution in [3.63, 3.8) is 0 Å². The van der Waals surface area contributed by atoms with Crippen LogP contribution in [-0.4, -0.2) is 34.3 Å². The van der Waals surface area contributed by atoms with Gasteiger partial charge in [-0.1, -0.05) is 20.8 Å². The van der Waals surface area contributed by atoms with E-state index in [0.717, 1.165) is 36.3 Å². The lowest BCUT2D eigenvalue weighted by Gasteiger charge is -2.28. The molecule has 1 saturated carbocycles. The summed E-state index contributed by atoms with van der Waals surface area (Å²) in [6.07, 6.45) is 5.92. The molecule has 2 N–H and O–H groups in total. The van der Waals surface area contributed by atoms with Crippen LogP contribution in [0.1, 0.15) is 52.9 Å². The molecule has 0 aliphatic heterocycles. The molecule has 0 heterocycles. The second-order valence-electron chi connectivity index (χ2n) is 5.08. The molecular formula is C13H27NOS. The molecule has 0 bridgehead atoms. The highest BCUT2D eigenvalue weighted by Crippen LogP contribution is 2.39. The van der Waals surface area contributed by atoms with Crippen molar-refractivity contribution in [2.24, 2.45) is 0 Å². The van der Waals surface area contributed by atoms with Crippen LogP contribution in [0, 0.1) is 0 Å². The first-order chi connectivity index (χ1) is 7.65. The van der Waals surface area contributed by atoms with Crippen molar-refractivity contribution >= 4 is 11.8 Å². The fraction of sp³-hybridized carbons (Fsp3) is 1.00. The van der Waals surface area contributed by atoms with Crippen molar-refractivity contribution in [3.8, 4) is 0 Å². The van der Waals surface area contributed by atoms with Crippen LogP contribution in [0.15, 0.2) is 0 Å². The first kappa shape index (κ1) is 14.3. The summed E-state index contributed by atoms with van der Waals surface area (Å²) in [7, 11) is 0. The molecule has 1 aliphatic rings. The zero-order chi connectivity index (χ0) is 12.0. The van der Waals surface area contributed by atoms with Crippen molar-refractivity contribution in [2.45, 2.75) is 68.9 Å². The molecule has 3 unspecified atom stereocenters. The van der Waals surface area contributed by atoms with Gasteiger partial charge in [0.15, 0.2) is 0 Å². The zero-order valence-corrected chi connectivity index (χ0v) is 11.8. The quantitative estimate of drug-likeness (QED) is 0.723. The van der Waals surface area contributed by atoms with E-state index in [4.69, 9.17) is 0 Å². The predicted molar refractivity (Wildman–Crippen MR) is 73.1 cm³/mol. The van der Waals surface area contributed by atoms with Crippen molar-refractivity contribution in [2.75, 3.05) is 13.2 Å². The van der Waals surface area contributed by atoms with Crippen LogP contribution in [0.25, 0.3) is 0 Å². The van der Waals surface area contributed by atoms with Crippen molar-refractivity contribution in [3.05, 3.63) is 0 Å². The Balaban J connectivity index is 2.40. The second-order valence-corrected chi connectivity index (χ2v) is 6.83. The van der Waals surface area contributed by atoms with Crippen LogP contribution in [0.2, 0.25) is 0 Å².